The minimum Gasteiger partial charge on any atom is -0.325 e. The first kappa shape index (κ1) is 17.6. The van der Waals surface area contributed by atoms with E-state index in [4.69, 9.17) is 11.6 Å². The lowest BCUT2D eigenvalue weighted by molar-refractivity contribution is -0.116. The molecular weight excluding hydrogens is 408 g/mol. The van der Waals surface area contributed by atoms with E-state index in [1.54, 1.807) is 30.3 Å². The van der Waals surface area contributed by atoms with Gasteiger partial charge in [0.15, 0.2) is 0 Å². The molecular formula is C18H14BrClN2O3. The van der Waals surface area contributed by atoms with Crippen LogP contribution in [0.1, 0.15) is 32.7 Å². The van der Waals surface area contributed by atoms with Crippen LogP contribution in [0.15, 0.2) is 40.9 Å². The number of anilines is 1. The monoisotopic (exact) mass is 420 g/mol. The molecule has 1 aliphatic heterocycles. The van der Waals surface area contributed by atoms with Crippen molar-refractivity contribution in [2.75, 3.05) is 11.9 Å². The summed E-state index contributed by atoms with van der Waals surface area (Å²) in [4.78, 5) is 37.9. The largest absolute Gasteiger partial charge is 0.325 e. The van der Waals surface area contributed by atoms with E-state index >= 15 is 0 Å². The summed E-state index contributed by atoms with van der Waals surface area (Å²) in [6.45, 7) is 1.91. The highest BCUT2D eigenvalue weighted by Crippen LogP contribution is 2.26. The maximum absolute atomic E-state index is 12.4. The molecule has 0 aromatic heterocycles. The Hall–Kier alpha value is -2.18. The zero-order chi connectivity index (χ0) is 18.1. The first-order valence-electron chi connectivity index (χ1n) is 7.58. The maximum atomic E-state index is 12.4. The van der Waals surface area contributed by atoms with Gasteiger partial charge in [0, 0.05) is 17.4 Å². The number of rotatable bonds is 4. The van der Waals surface area contributed by atoms with Crippen LogP contribution < -0.4 is 5.32 Å². The Kier molecular flexibility index (Phi) is 4.92. The van der Waals surface area contributed by atoms with E-state index in [0.29, 0.717) is 21.8 Å². The van der Waals surface area contributed by atoms with Crippen LogP contribution in [-0.4, -0.2) is 29.2 Å². The summed E-state index contributed by atoms with van der Waals surface area (Å²) in [5, 5.41) is 3.14. The molecule has 25 heavy (non-hydrogen) atoms. The number of amides is 3. The molecule has 128 valence electrons. The average molecular weight is 422 g/mol. The molecule has 0 unspecified atom stereocenters. The Morgan fingerprint density at radius 2 is 1.84 bits per heavy atom. The van der Waals surface area contributed by atoms with Gasteiger partial charge < -0.3 is 5.32 Å². The van der Waals surface area contributed by atoms with Gasteiger partial charge >= 0.3 is 0 Å². The van der Waals surface area contributed by atoms with Gasteiger partial charge in [-0.05, 0) is 42.8 Å². The molecule has 0 radical (unpaired) electrons. The minimum atomic E-state index is -0.387. The smallest absolute Gasteiger partial charge is 0.261 e. The molecule has 0 atom stereocenters. The third kappa shape index (κ3) is 3.60. The third-order valence-corrected chi connectivity index (χ3v) is 4.70. The second-order valence-electron chi connectivity index (χ2n) is 5.73. The molecule has 2 aromatic carbocycles. The normalized spacial score (nSPS) is 13.2. The molecule has 3 amide bonds. The van der Waals surface area contributed by atoms with Crippen molar-refractivity contribution in [3.8, 4) is 0 Å². The van der Waals surface area contributed by atoms with E-state index in [9.17, 15) is 14.4 Å². The van der Waals surface area contributed by atoms with Gasteiger partial charge in [-0.25, -0.2) is 0 Å². The zero-order valence-electron chi connectivity index (χ0n) is 13.3. The highest BCUT2D eigenvalue weighted by Gasteiger charge is 2.35. The Morgan fingerprint density at radius 3 is 2.56 bits per heavy atom. The van der Waals surface area contributed by atoms with Crippen LogP contribution in [0.25, 0.3) is 0 Å². The van der Waals surface area contributed by atoms with Crippen molar-refractivity contribution in [3.05, 3.63) is 62.6 Å². The van der Waals surface area contributed by atoms with Crippen molar-refractivity contribution in [3.63, 3.8) is 0 Å². The molecule has 7 heteroatoms. The second kappa shape index (κ2) is 6.98. The van der Waals surface area contributed by atoms with Crippen LogP contribution in [0.2, 0.25) is 5.02 Å². The Balaban J connectivity index is 1.65. The molecule has 0 aliphatic carbocycles. The molecule has 0 saturated carbocycles. The molecule has 0 saturated heterocycles. The number of imide groups is 1. The van der Waals surface area contributed by atoms with Gasteiger partial charge in [-0.3, -0.25) is 19.3 Å². The predicted octanol–water partition coefficient (Wildman–Crippen LogP) is 4.04. The maximum Gasteiger partial charge on any atom is 0.261 e. The summed E-state index contributed by atoms with van der Waals surface area (Å²) in [6, 6.07) is 10.2. The number of fused-ring (bicyclic) bond motifs is 1. The Labute approximate surface area is 158 Å². The average Bonchev–Trinajstić information content (AvgIpc) is 2.79. The van der Waals surface area contributed by atoms with E-state index in [1.165, 1.54) is 0 Å². The van der Waals surface area contributed by atoms with Crippen LogP contribution >= 0.6 is 27.5 Å². The quantitative estimate of drug-likeness (QED) is 0.758. The summed E-state index contributed by atoms with van der Waals surface area (Å²) in [5.41, 5.74) is 2.19. The van der Waals surface area contributed by atoms with Crippen LogP contribution in [-0.2, 0) is 4.79 Å². The van der Waals surface area contributed by atoms with Gasteiger partial charge in [0.05, 0.1) is 21.8 Å². The number of nitrogens with one attached hydrogen (secondary N) is 1. The van der Waals surface area contributed by atoms with Crippen LogP contribution in [0.5, 0.6) is 0 Å². The van der Waals surface area contributed by atoms with Gasteiger partial charge in [0.1, 0.15) is 0 Å². The van der Waals surface area contributed by atoms with Gasteiger partial charge in [-0.2, -0.15) is 0 Å². The number of carbonyl (C=O) groups excluding carboxylic acids is 3. The first-order chi connectivity index (χ1) is 11.9. The number of hydrogen-bond donors (Lipinski definition) is 1. The van der Waals surface area contributed by atoms with Crippen molar-refractivity contribution < 1.29 is 14.4 Å². The number of carbonyl (C=O) groups is 3. The molecule has 1 heterocycles. The lowest BCUT2D eigenvalue weighted by atomic mass is 10.1. The lowest BCUT2D eigenvalue weighted by Crippen LogP contribution is -2.32. The summed E-state index contributed by atoms with van der Waals surface area (Å²) < 4.78 is 0.723. The van der Waals surface area contributed by atoms with E-state index in [1.807, 2.05) is 13.0 Å². The van der Waals surface area contributed by atoms with E-state index in [-0.39, 0.29) is 30.7 Å². The molecule has 5 nitrogen and oxygen atoms in total. The zero-order valence-corrected chi connectivity index (χ0v) is 15.6. The van der Waals surface area contributed by atoms with Crippen LogP contribution in [0.4, 0.5) is 5.69 Å². The van der Waals surface area contributed by atoms with Crippen molar-refractivity contribution in [1.29, 1.82) is 0 Å². The van der Waals surface area contributed by atoms with E-state index in [2.05, 4.69) is 21.2 Å². The SMILES string of the molecule is Cc1ccc(NC(=O)CCN2C(=O)c3ccc(Br)cc3C2=O)c(Cl)c1. The van der Waals surface area contributed by atoms with Crippen LogP contribution in [0, 0.1) is 6.92 Å². The predicted molar refractivity (Wildman–Crippen MR) is 98.9 cm³/mol. The fourth-order valence-electron chi connectivity index (χ4n) is 2.61. The fourth-order valence-corrected chi connectivity index (χ4v) is 3.26. The number of hydrogen-bond acceptors (Lipinski definition) is 3. The highest BCUT2D eigenvalue weighted by atomic mass is 79.9. The lowest BCUT2D eigenvalue weighted by Gasteiger charge is -2.14. The molecule has 3 rings (SSSR count). The molecule has 0 fully saturated rings. The van der Waals surface area contributed by atoms with Gasteiger partial charge in [-0.15, -0.1) is 0 Å². The summed E-state index contributed by atoms with van der Waals surface area (Å²) in [5.74, 6) is -1.08. The van der Waals surface area contributed by atoms with Gasteiger partial charge in [0.25, 0.3) is 11.8 Å². The van der Waals surface area contributed by atoms with E-state index < -0.39 is 0 Å². The molecule has 0 bridgehead atoms. The minimum absolute atomic E-state index is 0.00313. The van der Waals surface area contributed by atoms with Crippen molar-refractivity contribution >= 4 is 50.9 Å². The van der Waals surface area contributed by atoms with Crippen molar-refractivity contribution in [2.24, 2.45) is 0 Å². The Morgan fingerprint density at radius 1 is 1.12 bits per heavy atom. The first-order valence-corrected chi connectivity index (χ1v) is 8.75. The second-order valence-corrected chi connectivity index (χ2v) is 7.06. The van der Waals surface area contributed by atoms with Crippen molar-refractivity contribution in [1.82, 2.24) is 4.90 Å². The number of nitrogens with zero attached hydrogens (tertiary/aromatic N) is 1. The number of aryl methyl sites for hydroxylation is 1. The number of benzene rings is 2. The topological polar surface area (TPSA) is 66.5 Å². The van der Waals surface area contributed by atoms with Crippen LogP contribution in [0.3, 0.4) is 0 Å². The summed E-state index contributed by atoms with van der Waals surface area (Å²) in [7, 11) is 0. The van der Waals surface area contributed by atoms with Gasteiger partial charge in [0.2, 0.25) is 5.91 Å². The van der Waals surface area contributed by atoms with Crippen molar-refractivity contribution in [2.45, 2.75) is 13.3 Å². The fraction of sp³-hybridized carbons (Fsp3) is 0.167. The Bertz CT molecular complexity index is 898. The molecule has 0 spiro atoms. The number of halogens is 2. The molecule has 1 aliphatic rings. The van der Waals surface area contributed by atoms with Gasteiger partial charge in [-0.1, -0.05) is 33.6 Å². The standard InChI is InChI=1S/C18H14BrClN2O3/c1-10-2-5-15(14(20)8-10)21-16(23)6-7-22-17(24)12-4-3-11(19)9-13(12)18(22)25/h2-5,8-9H,6-7H2,1H3,(H,21,23). The molecule has 2 aromatic rings. The summed E-state index contributed by atoms with van der Waals surface area (Å²) in [6.07, 6.45) is -0.00313. The van der Waals surface area contributed by atoms with E-state index in [0.717, 1.165) is 14.9 Å². The summed E-state index contributed by atoms with van der Waals surface area (Å²) >= 11 is 9.37. The highest BCUT2D eigenvalue weighted by molar-refractivity contribution is 9.10. The third-order valence-electron chi connectivity index (χ3n) is 3.89. The molecule has 1 N–H and O–H groups in total.